The molecule has 0 aliphatic carbocycles. The summed E-state index contributed by atoms with van der Waals surface area (Å²) in [6.07, 6.45) is 10.8. The van der Waals surface area contributed by atoms with Crippen molar-refractivity contribution in [2.45, 2.75) is 111 Å². The molecule has 0 saturated carbocycles. The van der Waals surface area contributed by atoms with Crippen LogP contribution in [0.2, 0.25) is 0 Å². The van der Waals surface area contributed by atoms with Gasteiger partial charge in [-0.2, -0.15) is 0 Å². The van der Waals surface area contributed by atoms with Gasteiger partial charge in [0.2, 0.25) is 0 Å². The molecule has 0 aromatic carbocycles. The first kappa shape index (κ1) is 27.9. The van der Waals surface area contributed by atoms with Gasteiger partial charge in [-0.1, -0.05) is 47.0 Å². The molecule has 182 valence electrons. The number of carbonyl (C=O) groups excluding carboxylic acids is 2. The lowest BCUT2D eigenvalue weighted by Crippen LogP contribution is -2.51. The molecule has 0 bridgehead atoms. The predicted molar refractivity (Wildman–Crippen MR) is 126 cm³/mol. The third kappa shape index (κ3) is 7.45. The van der Waals surface area contributed by atoms with Crippen molar-refractivity contribution in [3.63, 3.8) is 0 Å². The van der Waals surface area contributed by atoms with Crippen LogP contribution in [0.1, 0.15) is 105 Å². The van der Waals surface area contributed by atoms with Gasteiger partial charge >= 0.3 is 6.03 Å². The number of carbonyl (C=O) groups is 2. The van der Waals surface area contributed by atoms with Crippen molar-refractivity contribution in [1.82, 2.24) is 9.80 Å². The second-order valence-corrected chi connectivity index (χ2v) is 9.16. The smallest absolute Gasteiger partial charge is 0.327 e. The topological polar surface area (TPSA) is 70.1 Å². The first-order valence-corrected chi connectivity index (χ1v) is 12.7. The number of hydrogen-bond donors (Lipinski definition) is 1. The van der Waals surface area contributed by atoms with Gasteiger partial charge in [0.05, 0.1) is 5.54 Å². The minimum atomic E-state index is -0.367. The zero-order valence-electron chi connectivity index (χ0n) is 20.9. The lowest BCUT2D eigenvalue weighted by molar-refractivity contribution is -0.130. The van der Waals surface area contributed by atoms with Gasteiger partial charge < -0.3 is 14.7 Å². The summed E-state index contributed by atoms with van der Waals surface area (Å²) < 4.78 is 5.85. The van der Waals surface area contributed by atoms with Crippen LogP contribution in [0.15, 0.2) is 0 Å². The SMILES string of the molecule is CCN1CC(=O)N(C(CC)(CC)CCCCOCCCCC(CC)(CC)CCO)C1=O. The van der Waals surface area contributed by atoms with Gasteiger partial charge in [0.25, 0.3) is 5.91 Å². The monoisotopic (exact) mass is 440 g/mol. The van der Waals surface area contributed by atoms with E-state index in [1.807, 2.05) is 6.92 Å². The van der Waals surface area contributed by atoms with Gasteiger partial charge in [0, 0.05) is 26.4 Å². The van der Waals surface area contributed by atoms with Gasteiger partial charge in [0.15, 0.2) is 0 Å². The van der Waals surface area contributed by atoms with Crippen LogP contribution in [-0.4, -0.2) is 65.3 Å². The van der Waals surface area contributed by atoms with Crippen molar-refractivity contribution in [3.05, 3.63) is 0 Å². The lowest BCUT2D eigenvalue weighted by atomic mass is 9.75. The predicted octanol–water partition coefficient (Wildman–Crippen LogP) is 5.38. The molecule has 1 aliphatic rings. The van der Waals surface area contributed by atoms with E-state index in [4.69, 9.17) is 4.74 Å². The number of nitrogens with zero attached hydrogens (tertiary/aromatic N) is 2. The van der Waals surface area contributed by atoms with Gasteiger partial charge in [0.1, 0.15) is 6.54 Å². The van der Waals surface area contributed by atoms with E-state index in [2.05, 4.69) is 27.7 Å². The Labute approximate surface area is 190 Å². The summed E-state index contributed by atoms with van der Waals surface area (Å²) in [5, 5.41) is 9.34. The molecule has 1 rings (SSSR count). The van der Waals surface area contributed by atoms with Crippen LogP contribution in [0.4, 0.5) is 4.79 Å². The molecular formula is C25H48N2O4. The molecule has 6 heteroatoms. The number of unbranched alkanes of at least 4 members (excludes halogenated alkanes) is 2. The van der Waals surface area contributed by atoms with Crippen LogP contribution < -0.4 is 0 Å². The molecule has 1 heterocycles. The second kappa shape index (κ2) is 14.1. The Morgan fingerprint density at radius 3 is 1.87 bits per heavy atom. The van der Waals surface area contributed by atoms with Gasteiger partial charge in [-0.05, 0) is 63.7 Å². The van der Waals surface area contributed by atoms with Crippen LogP contribution >= 0.6 is 0 Å². The zero-order chi connectivity index (χ0) is 23.3. The first-order chi connectivity index (χ1) is 14.9. The Bertz CT molecular complexity index is 530. The fourth-order valence-corrected chi connectivity index (χ4v) is 5.08. The number of aliphatic hydroxyl groups is 1. The van der Waals surface area contributed by atoms with Gasteiger partial charge in [-0.15, -0.1) is 0 Å². The van der Waals surface area contributed by atoms with E-state index in [9.17, 15) is 14.7 Å². The molecule has 0 unspecified atom stereocenters. The fraction of sp³-hybridized carbons (Fsp3) is 0.920. The Hall–Kier alpha value is -1.14. The standard InChI is InChI=1S/C25H48N2O4/c1-6-24(7-2,17-18-28)15-11-13-19-31-20-14-12-16-25(8-3,9-4)27-22(29)21-26(10-5)23(27)30/h28H,6-21H2,1-5H3. The van der Waals surface area contributed by atoms with Crippen molar-refractivity contribution >= 4 is 11.9 Å². The molecule has 31 heavy (non-hydrogen) atoms. The van der Waals surface area contributed by atoms with Crippen molar-refractivity contribution in [3.8, 4) is 0 Å². The minimum absolute atomic E-state index is 0.0526. The van der Waals surface area contributed by atoms with Gasteiger partial charge in [-0.25, -0.2) is 4.79 Å². The summed E-state index contributed by atoms with van der Waals surface area (Å²) in [6, 6.07) is -0.121. The fourth-order valence-electron chi connectivity index (χ4n) is 5.08. The number of urea groups is 1. The van der Waals surface area contributed by atoms with Crippen molar-refractivity contribution < 1.29 is 19.4 Å². The van der Waals surface area contributed by atoms with E-state index < -0.39 is 0 Å². The molecule has 0 spiro atoms. The number of aliphatic hydroxyl groups excluding tert-OH is 1. The van der Waals surface area contributed by atoms with Crippen LogP contribution in [0, 0.1) is 5.41 Å². The van der Waals surface area contributed by atoms with E-state index in [-0.39, 0.29) is 36.0 Å². The largest absolute Gasteiger partial charge is 0.396 e. The van der Waals surface area contributed by atoms with E-state index in [1.54, 1.807) is 9.80 Å². The number of likely N-dealkylation sites (N-methyl/N-ethyl adjacent to an activating group) is 1. The molecule has 1 aliphatic heterocycles. The van der Waals surface area contributed by atoms with Crippen molar-refractivity contribution in [1.29, 1.82) is 0 Å². The number of rotatable bonds is 18. The van der Waals surface area contributed by atoms with Crippen LogP contribution in [0.25, 0.3) is 0 Å². The van der Waals surface area contributed by atoms with Crippen LogP contribution in [0.5, 0.6) is 0 Å². The van der Waals surface area contributed by atoms with Crippen LogP contribution in [-0.2, 0) is 9.53 Å². The molecule has 3 amide bonds. The van der Waals surface area contributed by atoms with E-state index >= 15 is 0 Å². The highest BCUT2D eigenvalue weighted by Crippen LogP contribution is 2.36. The number of amides is 3. The quantitative estimate of drug-likeness (QED) is 0.230. The molecule has 0 atom stereocenters. The molecule has 1 saturated heterocycles. The average Bonchev–Trinajstić information content (AvgIpc) is 3.08. The third-order valence-corrected chi connectivity index (χ3v) is 7.78. The summed E-state index contributed by atoms with van der Waals surface area (Å²) in [5.74, 6) is -0.0526. The van der Waals surface area contributed by atoms with Crippen LogP contribution in [0.3, 0.4) is 0 Å². The van der Waals surface area contributed by atoms with Crippen molar-refractivity contribution in [2.75, 3.05) is 32.9 Å². The molecule has 6 nitrogen and oxygen atoms in total. The summed E-state index contributed by atoms with van der Waals surface area (Å²) in [5.41, 5.74) is -0.0788. The van der Waals surface area contributed by atoms with Crippen molar-refractivity contribution in [2.24, 2.45) is 5.41 Å². The summed E-state index contributed by atoms with van der Waals surface area (Å²) >= 11 is 0. The number of imide groups is 1. The molecular weight excluding hydrogens is 392 g/mol. The second-order valence-electron chi connectivity index (χ2n) is 9.16. The number of hydrogen-bond acceptors (Lipinski definition) is 4. The highest BCUT2D eigenvalue weighted by molar-refractivity contribution is 6.02. The van der Waals surface area contributed by atoms with Gasteiger partial charge in [-0.3, -0.25) is 9.69 Å². The lowest BCUT2D eigenvalue weighted by Gasteiger charge is -2.39. The minimum Gasteiger partial charge on any atom is -0.396 e. The zero-order valence-corrected chi connectivity index (χ0v) is 20.9. The maximum Gasteiger partial charge on any atom is 0.327 e. The molecule has 0 aromatic rings. The van der Waals surface area contributed by atoms with E-state index in [0.29, 0.717) is 6.54 Å². The molecule has 1 N–H and O–H groups in total. The number of ether oxygens (including phenoxy) is 1. The molecule has 0 aromatic heterocycles. The van der Waals surface area contributed by atoms with E-state index in [1.165, 1.54) is 0 Å². The normalized spacial score (nSPS) is 15.4. The average molecular weight is 441 g/mol. The highest BCUT2D eigenvalue weighted by atomic mass is 16.5. The first-order valence-electron chi connectivity index (χ1n) is 12.7. The Kier molecular flexibility index (Phi) is 12.7. The summed E-state index contributed by atoms with van der Waals surface area (Å²) in [7, 11) is 0. The molecule has 0 radical (unpaired) electrons. The molecule has 1 fully saturated rings. The summed E-state index contributed by atoms with van der Waals surface area (Å²) in [6.45, 7) is 13.1. The third-order valence-electron chi connectivity index (χ3n) is 7.78. The highest BCUT2D eigenvalue weighted by Gasteiger charge is 2.46. The Morgan fingerprint density at radius 1 is 0.839 bits per heavy atom. The van der Waals surface area contributed by atoms with E-state index in [0.717, 1.165) is 83.8 Å². The maximum absolute atomic E-state index is 12.7. The maximum atomic E-state index is 12.7. The Balaban J connectivity index is 2.34. The summed E-state index contributed by atoms with van der Waals surface area (Å²) in [4.78, 5) is 28.4. The Morgan fingerprint density at radius 2 is 1.42 bits per heavy atom.